The second-order valence-electron chi connectivity index (χ2n) is 5.20. The molecule has 1 heterocycles. The number of aliphatic hydroxyl groups excluding tert-OH is 1. The van der Waals surface area contributed by atoms with E-state index in [0.717, 1.165) is 28.8 Å². The largest absolute Gasteiger partial charge is 0.395 e. The highest BCUT2D eigenvalue weighted by atomic mass is 32.1. The molecule has 1 amide bonds. The normalized spacial score (nSPS) is 10.5. The summed E-state index contributed by atoms with van der Waals surface area (Å²) in [6, 6.07) is 7.32. The molecule has 2 rings (SSSR count). The highest BCUT2D eigenvalue weighted by Gasteiger charge is 2.08. The molecule has 3 N–H and O–H groups in total. The number of carbonyl (C=O) groups is 1. The standard InChI is InChI=1S/C17H24N4O2S/c1-3-21(4-2)17-20-12-15(24-17)11-19-14-7-5-6-13(10-14)16(23)18-8-9-22/h5-7,10,12,19,22H,3-4,8-9,11H2,1-2H3,(H,18,23). The first-order chi connectivity index (χ1) is 11.7. The van der Waals surface area contributed by atoms with E-state index in [-0.39, 0.29) is 19.1 Å². The smallest absolute Gasteiger partial charge is 0.251 e. The first-order valence-corrected chi connectivity index (χ1v) is 8.92. The number of aromatic nitrogens is 1. The molecule has 2 aromatic rings. The summed E-state index contributed by atoms with van der Waals surface area (Å²) in [4.78, 5) is 19.7. The lowest BCUT2D eigenvalue weighted by atomic mass is 10.2. The van der Waals surface area contributed by atoms with Gasteiger partial charge in [-0.15, -0.1) is 11.3 Å². The molecule has 0 saturated heterocycles. The SMILES string of the molecule is CCN(CC)c1ncc(CNc2cccc(C(=O)NCCO)c2)s1. The molecule has 130 valence electrons. The Labute approximate surface area is 146 Å². The summed E-state index contributed by atoms with van der Waals surface area (Å²) in [5, 5.41) is 15.8. The van der Waals surface area contributed by atoms with Crippen LogP contribution in [0.25, 0.3) is 0 Å². The van der Waals surface area contributed by atoms with E-state index in [1.807, 2.05) is 18.3 Å². The van der Waals surface area contributed by atoms with Crippen molar-refractivity contribution in [3.05, 3.63) is 40.9 Å². The van der Waals surface area contributed by atoms with Crippen molar-refractivity contribution in [1.29, 1.82) is 0 Å². The number of hydrogen-bond acceptors (Lipinski definition) is 6. The van der Waals surface area contributed by atoms with Gasteiger partial charge in [-0.3, -0.25) is 4.79 Å². The van der Waals surface area contributed by atoms with Crippen molar-refractivity contribution in [2.24, 2.45) is 0 Å². The van der Waals surface area contributed by atoms with Gasteiger partial charge in [0.15, 0.2) is 5.13 Å². The molecule has 6 nitrogen and oxygen atoms in total. The van der Waals surface area contributed by atoms with Crippen LogP contribution in [0, 0.1) is 0 Å². The topological polar surface area (TPSA) is 77.5 Å². The average Bonchev–Trinajstić information content (AvgIpc) is 3.08. The number of carbonyl (C=O) groups excluding carboxylic acids is 1. The van der Waals surface area contributed by atoms with Gasteiger partial charge in [0, 0.05) is 42.0 Å². The number of rotatable bonds is 9. The van der Waals surface area contributed by atoms with Gasteiger partial charge in [0.1, 0.15) is 0 Å². The van der Waals surface area contributed by atoms with E-state index < -0.39 is 0 Å². The van der Waals surface area contributed by atoms with Gasteiger partial charge < -0.3 is 20.6 Å². The van der Waals surface area contributed by atoms with Crippen LogP contribution in [0.15, 0.2) is 30.5 Å². The van der Waals surface area contributed by atoms with Crippen molar-refractivity contribution in [2.75, 3.05) is 36.5 Å². The summed E-state index contributed by atoms with van der Waals surface area (Å²) in [5.74, 6) is -0.186. The number of aliphatic hydroxyl groups is 1. The molecule has 0 aliphatic rings. The van der Waals surface area contributed by atoms with E-state index in [2.05, 4.69) is 34.4 Å². The Balaban J connectivity index is 1.96. The maximum atomic E-state index is 11.9. The summed E-state index contributed by atoms with van der Waals surface area (Å²) in [7, 11) is 0. The van der Waals surface area contributed by atoms with Crippen LogP contribution in [0.2, 0.25) is 0 Å². The van der Waals surface area contributed by atoms with Crippen LogP contribution in [-0.2, 0) is 6.54 Å². The van der Waals surface area contributed by atoms with Crippen molar-refractivity contribution >= 4 is 28.1 Å². The molecule has 0 fully saturated rings. The number of nitrogens with zero attached hydrogens (tertiary/aromatic N) is 2. The number of nitrogens with one attached hydrogen (secondary N) is 2. The maximum Gasteiger partial charge on any atom is 0.251 e. The van der Waals surface area contributed by atoms with Crippen molar-refractivity contribution in [3.8, 4) is 0 Å². The van der Waals surface area contributed by atoms with Crippen molar-refractivity contribution < 1.29 is 9.90 Å². The van der Waals surface area contributed by atoms with Crippen LogP contribution < -0.4 is 15.5 Å². The fraction of sp³-hybridized carbons (Fsp3) is 0.412. The Kier molecular flexibility index (Phi) is 7.02. The Morgan fingerprint density at radius 3 is 2.83 bits per heavy atom. The molecule has 1 aromatic carbocycles. The van der Waals surface area contributed by atoms with Crippen LogP contribution in [-0.4, -0.2) is 42.2 Å². The van der Waals surface area contributed by atoms with Gasteiger partial charge in [0.05, 0.1) is 13.2 Å². The monoisotopic (exact) mass is 348 g/mol. The van der Waals surface area contributed by atoms with Crippen molar-refractivity contribution in [3.63, 3.8) is 0 Å². The van der Waals surface area contributed by atoms with Crippen LogP contribution in [0.3, 0.4) is 0 Å². The Hall–Kier alpha value is -2.12. The number of benzene rings is 1. The summed E-state index contributed by atoms with van der Waals surface area (Å²) in [6.07, 6.45) is 1.89. The fourth-order valence-corrected chi connectivity index (χ4v) is 3.23. The molecule has 0 aliphatic carbocycles. The minimum atomic E-state index is -0.186. The molecular formula is C17H24N4O2S. The Bertz CT molecular complexity index is 656. The van der Waals surface area contributed by atoms with Gasteiger partial charge in [-0.25, -0.2) is 4.98 Å². The molecule has 0 atom stereocenters. The number of hydrogen-bond donors (Lipinski definition) is 3. The summed E-state index contributed by atoms with van der Waals surface area (Å²) in [5.41, 5.74) is 1.45. The van der Waals surface area contributed by atoms with E-state index in [9.17, 15) is 4.79 Å². The molecule has 0 saturated carbocycles. The van der Waals surface area contributed by atoms with Crippen LogP contribution in [0.5, 0.6) is 0 Å². The second-order valence-corrected chi connectivity index (χ2v) is 6.29. The molecule has 0 aliphatic heterocycles. The van der Waals surface area contributed by atoms with E-state index in [0.29, 0.717) is 12.1 Å². The molecule has 24 heavy (non-hydrogen) atoms. The summed E-state index contributed by atoms with van der Waals surface area (Å²) < 4.78 is 0. The summed E-state index contributed by atoms with van der Waals surface area (Å²) >= 11 is 1.68. The van der Waals surface area contributed by atoms with Gasteiger partial charge >= 0.3 is 0 Å². The lowest BCUT2D eigenvalue weighted by Crippen LogP contribution is -2.26. The van der Waals surface area contributed by atoms with E-state index in [4.69, 9.17) is 5.11 Å². The van der Waals surface area contributed by atoms with Crippen molar-refractivity contribution in [1.82, 2.24) is 10.3 Å². The second kappa shape index (κ2) is 9.24. The third kappa shape index (κ3) is 4.94. The van der Waals surface area contributed by atoms with E-state index >= 15 is 0 Å². The molecule has 0 spiro atoms. The highest BCUT2D eigenvalue weighted by molar-refractivity contribution is 7.15. The van der Waals surface area contributed by atoms with Gasteiger partial charge in [-0.05, 0) is 32.0 Å². The van der Waals surface area contributed by atoms with E-state index in [1.165, 1.54) is 0 Å². The van der Waals surface area contributed by atoms with E-state index in [1.54, 1.807) is 23.5 Å². The lowest BCUT2D eigenvalue weighted by molar-refractivity contribution is 0.0945. The zero-order valence-corrected chi connectivity index (χ0v) is 14.9. The molecule has 0 unspecified atom stereocenters. The fourth-order valence-electron chi connectivity index (χ4n) is 2.25. The van der Waals surface area contributed by atoms with Gasteiger partial charge in [-0.2, -0.15) is 0 Å². The van der Waals surface area contributed by atoms with Gasteiger partial charge in [0.25, 0.3) is 5.91 Å². The van der Waals surface area contributed by atoms with Gasteiger partial charge in [-0.1, -0.05) is 6.07 Å². The van der Waals surface area contributed by atoms with Crippen molar-refractivity contribution in [2.45, 2.75) is 20.4 Å². The molecule has 0 radical (unpaired) electrons. The van der Waals surface area contributed by atoms with Crippen LogP contribution in [0.4, 0.5) is 10.8 Å². The molecule has 0 bridgehead atoms. The first-order valence-electron chi connectivity index (χ1n) is 8.10. The highest BCUT2D eigenvalue weighted by Crippen LogP contribution is 2.23. The molecule has 7 heteroatoms. The molecule has 1 aromatic heterocycles. The Morgan fingerprint density at radius 1 is 1.33 bits per heavy atom. The number of amides is 1. The zero-order chi connectivity index (χ0) is 17.4. The third-order valence-electron chi connectivity index (χ3n) is 3.56. The van der Waals surface area contributed by atoms with Gasteiger partial charge in [0.2, 0.25) is 0 Å². The average molecular weight is 348 g/mol. The summed E-state index contributed by atoms with van der Waals surface area (Å²) in [6.45, 7) is 6.99. The maximum absolute atomic E-state index is 11.9. The molecular weight excluding hydrogens is 324 g/mol. The third-order valence-corrected chi connectivity index (χ3v) is 4.62. The first kappa shape index (κ1) is 18.2. The minimum absolute atomic E-state index is 0.0655. The minimum Gasteiger partial charge on any atom is -0.395 e. The zero-order valence-electron chi connectivity index (χ0n) is 14.1. The van der Waals surface area contributed by atoms with Crippen LogP contribution >= 0.6 is 11.3 Å². The number of thiazole rings is 1. The Morgan fingerprint density at radius 2 is 2.12 bits per heavy atom. The lowest BCUT2D eigenvalue weighted by Gasteiger charge is -2.16. The predicted octanol–water partition coefficient (Wildman–Crippen LogP) is 2.32. The number of anilines is 2. The quantitative estimate of drug-likeness (QED) is 0.648. The predicted molar refractivity (Wildman–Crippen MR) is 98.9 cm³/mol. The van der Waals surface area contributed by atoms with Crippen LogP contribution in [0.1, 0.15) is 29.1 Å².